The van der Waals surface area contributed by atoms with Crippen LogP contribution < -0.4 is 0 Å². The monoisotopic (exact) mass is 230 g/mol. The number of ether oxygens (including phenoxy) is 1. The van der Waals surface area contributed by atoms with Crippen molar-refractivity contribution >= 4 is 11.9 Å². The van der Waals surface area contributed by atoms with Crippen molar-refractivity contribution < 1.29 is 19.4 Å². The number of carbonyl (C=O) groups excluding carboxylic acids is 1. The normalized spacial score (nSPS) is 16.6. The predicted molar refractivity (Wildman–Crippen MR) is 61.0 cm³/mol. The van der Waals surface area contributed by atoms with Crippen molar-refractivity contribution in [3.05, 3.63) is 0 Å². The first-order chi connectivity index (χ1) is 7.32. The van der Waals surface area contributed by atoms with E-state index in [0.717, 1.165) is 0 Å². The summed E-state index contributed by atoms with van der Waals surface area (Å²) in [4.78, 5) is 23.1. The summed E-state index contributed by atoms with van der Waals surface area (Å²) in [7, 11) is 0. The molecule has 2 atom stereocenters. The van der Waals surface area contributed by atoms with Crippen LogP contribution in [-0.2, 0) is 14.3 Å². The lowest BCUT2D eigenvalue weighted by Crippen LogP contribution is -2.45. The highest BCUT2D eigenvalue weighted by atomic mass is 16.5. The van der Waals surface area contributed by atoms with Crippen molar-refractivity contribution in [1.29, 1.82) is 0 Å². The summed E-state index contributed by atoms with van der Waals surface area (Å²) < 4.78 is 5.00. The molecule has 0 aromatic carbocycles. The molecule has 0 saturated carbocycles. The summed E-state index contributed by atoms with van der Waals surface area (Å²) in [5.41, 5.74) is -0.962. The number of aliphatic carboxylic acids is 1. The zero-order chi connectivity index (χ0) is 12.9. The first kappa shape index (κ1) is 14.9. The largest absolute Gasteiger partial charge is 0.481 e. The molecule has 0 aliphatic carbocycles. The van der Waals surface area contributed by atoms with Crippen LogP contribution in [0.5, 0.6) is 0 Å². The minimum atomic E-state index is -0.962. The number of carboxylic acids is 1. The van der Waals surface area contributed by atoms with Crippen LogP contribution in [0.4, 0.5) is 0 Å². The molecule has 0 aromatic rings. The zero-order valence-electron chi connectivity index (χ0n) is 10.7. The van der Waals surface area contributed by atoms with Crippen molar-refractivity contribution in [2.24, 2.45) is 17.3 Å². The Kier molecular flexibility index (Phi) is 5.48. The van der Waals surface area contributed by atoms with Gasteiger partial charge in [0.1, 0.15) is 0 Å². The average molecular weight is 230 g/mol. The predicted octanol–water partition coefficient (Wildman–Crippen LogP) is 2.32. The summed E-state index contributed by atoms with van der Waals surface area (Å²) in [5, 5.41) is 9.17. The number of carbonyl (C=O) groups is 2. The highest BCUT2D eigenvalue weighted by Gasteiger charge is 2.47. The van der Waals surface area contributed by atoms with Gasteiger partial charge in [-0.05, 0) is 26.2 Å². The van der Waals surface area contributed by atoms with Crippen molar-refractivity contribution in [1.82, 2.24) is 0 Å². The van der Waals surface area contributed by atoms with E-state index in [2.05, 4.69) is 0 Å². The average Bonchev–Trinajstić information content (AvgIpc) is 2.17. The van der Waals surface area contributed by atoms with E-state index in [4.69, 9.17) is 9.84 Å². The van der Waals surface area contributed by atoms with E-state index in [0.29, 0.717) is 6.42 Å². The summed E-state index contributed by atoms with van der Waals surface area (Å²) >= 11 is 0. The molecule has 0 saturated heterocycles. The van der Waals surface area contributed by atoms with Gasteiger partial charge < -0.3 is 9.84 Å². The molecule has 16 heavy (non-hydrogen) atoms. The quantitative estimate of drug-likeness (QED) is 0.711. The van der Waals surface area contributed by atoms with E-state index < -0.39 is 23.3 Å². The van der Waals surface area contributed by atoms with Gasteiger partial charge in [0, 0.05) is 0 Å². The topological polar surface area (TPSA) is 63.6 Å². The summed E-state index contributed by atoms with van der Waals surface area (Å²) in [6, 6.07) is 0. The van der Waals surface area contributed by atoms with Gasteiger partial charge in [-0.25, -0.2) is 0 Å². The fourth-order valence-electron chi connectivity index (χ4n) is 1.92. The highest BCUT2D eigenvalue weighted by Crippen LogP contribution is 2.39. The van der Waals surface area contributed by atoms with Gasteiger partial charge in [-0.3, -0.25) is 9.59 Å². The molecule has 0 spiro atoms. The third-order valence-electron chi connectivity index (χ3n) is 3.34. The maximum absolute atomic E-state index is 11.9. The molecule has 0 aliphatic rings. The second kappa shape index (κ2) is 5.87. The first-order valence-corrected chi connectivity index (χ1v) is 5.72. The Morgan fingerprint density at radius 1 is 1.31 bits per heavy atom. The smallest absolute Gasteiger partial charge is 0.312 e. The maximum Gasteiger partial charge on any atom is 0.312 e. The van der Waals surface area contributed by atoms with E-state index in [1.807, 2.05) is 13.8 Å². The number of hydrogen-bond acceptors (Lipinski definition) is 3. The number of rotatable bonds is 6. The molecule has 4 nitrogen and oxygen atoms in total. The van der Waals surface area contributed by atoms with Crippen LogP contribution >= 0.6 is 0 Å². The molecule has 1 N–H and O–H groups in total. The van der Waals surface area contributed by atoms with Crippen LogP contribution in [0.2, 0.25) is 0 Å². The fraction of sp³-hybridized carbons (Fsp3) is 0.833. The van der Waals surface area contributed by atoms with E-state index in [9.17, 15) is 9.59 Å². The molecule has 0 fully saturated rings. The molecule has 0 bridgehead atoms. The van der Waals surface area contributed by atoms with Crippen molar-refractivity contribution in [2.45, 2.75) is 41.0 Å². The maximum atomic E-state index is 11.9. The molecule has 0 rings (SSSR count). The number of carboxylic acid groups (broad SMARTS) is 1. The van der Waals surface area contributed by atoms with Gasteiger partial charge in [-0.2, -0.15) is 0 Å². The Morgan fingerprint density at radius 2 is 1.81 bits per heavy atom. The number of esters is 1. The molecule has 94 valence electrons. The standard InChI is InChI=1S/C12H22O4/c1-6-9(10(13)14)12(5,8(3)4)11(15)16-7-2/h8-9H,6-7H2,1-5H3,(H,13,14). The third kappa shape index (κ3) is 2.74. The minimum Gasteiger partial charge on any atom is -0.481 e. The van der Waals surface area contributed by atoms with Crippen LogP contribution in [0.3, 0.4) is 0 Å². The van der Waals surface area contributed by atoms with Crippen molar-refractivity contribution in [3.63, 3.8) is 0 Å². The Hall–Kier alpha value is -1.06. The van der Waals surface area contributed by atoms with Crippen LogP contribution in [0.1, 0.15) is 41.0 Å². The van der Waals surface area contributed by atoms with Gasteiger partial charge in [0.05, 0.1) is 17.9 Å². The van der Waals surface area contributed by atoms with Gasteiger partial charge >= 0.3 is 11.9 Å². The van der Waals surface area contributed by atoms with Crippen LogP contribution in [0, 0.1) is 17.3 Å². The molecule has 0 aliphatic heterocycles. The molecule has 0 aromatic heterocycles. The summed E-state index contributed by atoms with van der Waals surface area (Å²) in [6.07, 6.45) is 0.419. The fourth-order valence-corrected chi connectivity index (χ4v) is 1.92. The molecular weight excluding hydrogens is 208 g/mol. The second-order valence-corrected chi connectivity index (χ2v) is 4.46. The highest BCUT2D eigenvalue weighted by molar-refractivity contribution is 5.84. The van der Waals surface area contributed by atoms with Gasteiger partial charge in [-0.15, -0.1) is 0 Å². The zero-order valence-corrected chi connectivity index (χ0v) is 10.7. The second-order valence-electron chi connectivity index (χ2n) is 4.46. The third-order valence-corrected chi connectivity index (χ3v) is 3.34. The van der Waals surface area contributed by atoms with E-state index >= 15 is 0 Å². The van der Waals surface area contributed by atoms with Crippen molar-refractivity contribution in [3.8, 4) is 0 Å². The lowest BCUT2D eigenvalue weighted by atomic mass is 9.68. The lowest BCUT2D eigenvalue weighted by molar-refractivity contribution is -0.169. The molecule has 0 heterocycles. The molecule has 0 radical (unpaired) electrons. The molecular formula is C12H22O4. The van der Waals surface area contributed by atoms with Gasteiger partial charge in [-0.1, -0.05) is 20.8 Å². The first-order valence-electron chi connectivity index (χ1n) is 5.72. The molecule has 0 amide bonds. The van der Waals surface area contributed by atoms with E-state index in [-0.39, 0.29) is 12.5 Å². The Morgan fingerprint density at radius 3 is 2.06 bits per heavy atom. The lowest BCUT2D eigenvalue weighted by Gasteiger charge is -2.35. The van der Waals surface area contributed by atoms with E-state index in [1.165, 1.54) is 0 Å². The molecule has 2 unspecified atom stereocenters. The van der Waals surface area contributed by atoms with Gasteiger partial charge in [0.25, 0.3) is 0 Å². The summed E-state index contributed by atoms with van der Waals surface area (Å²) in [6.45, 7) is 9.15. The molecule has 4 heteroatoms. The Labute approximate surface area is 97.0 Å². The van der Waals surface area contributed by atoms with Crippen LogP contribution in [0.15, 0.2) is 0 Å². The van der Waals surface area contributed by atoms with Gasteiger partial charge in [0.2, 0.25) is 0 Å². The van der Waals surface area contributed by atoms with Crippen molar-refractivity contribution in [2.75, 3.05) is 6.61 Å². The summed E-state index contributed by atoms with van der Waals surface area (Å²) in [5.74, 6) is -2.13. The Balaban J connectivity index is 5.23. The minimum absolute atomic E-state index is 0.0763. The SMILES string of the molecule is CCOC(=O)C(C)(C(C)C)C(CC)C(=O)O. The van der Waals surface area contributed by atoms with Crippen LogP contribution in [0.25, 0.3) is 0 Å². The number of hydrogen-bond donors (Lipinski definition) is 1. The van der Waals surface area contributed by atoms with Gasteiger partial charge in [0.15, 0.2) is 0 Å². The van der Waals surface area contributed by atoms with Crippen LogP contribution in [-0.4, -0.2) is 23.7 Å². The Bertz CT molecular complexity index is 260. The van der Waals surface area contributed by atoms with E-state index in [1.54, 1.807) is 20.8 Å².